The first-order chi connectivity index (χ1) is 18.7. The van der Waals surface area contributed by atoms with Crippen molar-refractivity contribution < 1.29 is 9.53 Å². The Labute approximate surface area is 236 Å². The van der Waals surface area contributed by atoms with Gasteiger partial charge >= 0.3 is 6.09 Å². The summed E-state index contributed by atoms with van der Waals surface area (Å²) in [5, 5.41) is 4.23. The molecule has 3 aromatic carbocycles. The number of benzene rings is 3. The number of hydrogen-bond donors (Lipinski definition) is 2. The fourth-order valence-electron chi connectivity index (χ4n) is 5.35. The second-order valence-electron chi connectivity index (χ2n) is 10.9. The number of carbonyl (C=O) groups is 1. The van der Waals surface area contributed by atoms with Gasteiger partial charge in [0.1, 0.15) is 22.3 Å². The SMILES string of the molecule is BC(B)(CN(CCCC)C(=O)OCc1ccccc1)c1c(-c2cc3ccc(P)cc3[nH]2)[nH]c2cc(P)ccc12. The molecule has 0 spiro atoms. The van der Waals surface area contributed by atoms with Crippen LogP contribution < -0.4 is 10.6 Å². The summed E-state index contributed by atoms with van der Waals surface area (Å²) in [7, 11) is 10.0. The first-order valence-electron chi connectivity index (χ1n) is 13.5. The van der Waals surface area contributed by atoms with Crippen molar-refractivity contribution in [1.29, 1.82) is 0 Å². The molecular weight excluding hydrogens is 518 g/mol. The summed E-state index contributed by atoms with van der Waals surface area (Å²) < 4.78 is 5.79. The molecule has 1 amide bonds. The van der Waals surface area contributed by atoms with Crippen LogP contribution in [-0.2, 0) is 16.6 Å². The molecule has 0 fully saturated rings. The molecular formula is C30H35B2N3O2P2. The van der Waals surface area contributed by atoms with Crippen molar-refractivity contribution >= 4 is 72.7 Å². The second-order valence-corrected chi connectivity index (χ2v) is 12.2. The Morgan fingerprint density at radius 2 is 1.67 bits per heavy atom. The standard InChI is InChI=1S/C30H35B2N3O2P2/c1-2-3-13-35(29(36)37-17-19-7-5-4-6-8-19)18-30(31,32)27-23-12-11-22(39)16-25(23)34-28(27)26-14-20-9-10-21(38)15-24(20)33-26/h4-12,14-16,33-34H,2-3,13,17-18,31-32,38-39H2,1H3. The molecule has 0 saturated heterocycles. The van der Waals surface area contributed by atoms with E-state index in [0.717, 1.165) is 51.4 Å². The predicted molar refractivity (Wildman–Crippen MR) is 176 cm³/mol. The summed E-state index contributed by atoms with van der Waals surface area (Å²) in [5.74, 6) is 0. The minimum absolute atomic E-state index is 0.269. The Morgan fingerprint density at radius 1 is 0.949 bits per heavy atom. The van der Waals surface area contributed by atoms with Crippen LogP contribution in [0.4, 0.5) is 4.79 Å². The van der Waals surface area contributed by atoms with Crippen LogP contribution >= 0.6 is 18.5 Å². The molecule has 2 unspecified atom stereocenters. The molecule has 9 heteroatoms. The zero-order valence-corrected chi connectivity index (χ0v) is 25.2. The second kappa shape index (κ2) is 11.6. The third kappa shape index (κ3) is 6.11. The molecule has 5 rings (SSSR count). The zero-order chi connectivity index (χ0) is 27.6. The lowest BCUT2D eigenvalue weighted by molar-refractivity contribution is 0.0943. The summed E-state index contributed by atoms with van der Waals surface area (Å²) in [6.07, 6.45) is 1.66. The summed E-state index contributed by atoms with van der Waals surface area (Å²) in [6, 6.07) is 24.9. The number of carbonyl (C=O) groups excluding carboxylic acids is 1. The number of ether oxygens (including phenoxy) is 1. The lowest BCUT2D eigenvalue weighted by atomic mass is 9.50. The smallest absolute Gasteiger partial charge is 0.410 e. The van der Waals surface area contributed by atoms with Crippen LogP contribution in [0.3, 0.4) is 0 Å². The van der Waals surface area contributed by atoms with Crippen molar-refractivity contribution in [3.8, 4) is 11.4 Å². The number of nitrogens with one attached hydrogen (secondary N) is 2. The van der Waals surface area contributed by atoms with Crippen LogP contribution in [0.25, 0.3) is 33.2 Å². The van der Waals surface area contributed by atoms with Crippen LogP contribution in [0.5, 0.6) is 0 Å². The predicted octanol–water partition coefficient (Wildman–Crippen LogP) is 4.17. The highest BCUT2D eigenvalue weighted by atomic mass is 31.0. The number of unbranched alkanes of at least 4 members (excludes halogenated alkanes) is 1. The Morgan fingerprint density at radius 3 is 2.41 bits per heavy atom. The molecule has 5 aromatic rings. The molecule has 5 nitrogen and oxygen atoms in total. The molecule has 198 valence electrons. The molecule has 39 heavy (non-hydrogen) atoms. The van der Waals surface area contributed by atoms with Crippen LogP contribution in [0.1, 0.15) is 30.9 Å². The fourth-order valence-corrected chi connectivity index (χ4v) is 5.88. The van der Waals surface area contributed by atoms with Gasteiger partial charge < -0.3 is 19.6 Å². The van der Waals surface area contributed by atoms with Crippen molar-refractivity contribution in [2.75, 3.05) is 13.1 Å². The van der Waals surface area contributed by atoms with Crippen LogP contribution in [-0.4, -0.2) is 49.7 Å². The topological polar surface area (TPSA) is 61.1 Å². The quantitative estimate of drug-likeness (QED) is 0.213. The van der Waals surface area contributed by atoms with E-state index in [1.54, 1.807) is 0 Å². The van der Waals surface area contributed by atoms with E-state index in [0.29, 0.717) is 13.1 Å². The normalized spacial score (nSPS) is 11.8. The van der Waals surface area contributed by atoms with Crippen molar-refractivity contribution in [2.24, 2.45) is 0 Å². The third-order valence-electron chi connectivity index (χ3n) is 7.25. The Bertz CT molecular complexity index is 1620. The minimum Gasteiger partial charge on any atom is -0.445 e. The van der Waals surface area contributed by atoms with E-state index >= 15 is 0 Å². The van der Waals surface area contributed by atoms with Crippen molar-refractivity contribution in [3.63, 3.8) is 0 Å². The van der Waals surface area contributed by atoms with Gasteiger partial charge in [-0.3, -0.25) is 0 Å². The van der Waals surface area contributed by atoms with Crippen molar-refractivity contribution in [3.05, 3.63) is 83.9 Å². The number of aromatic amines is 2. The van der Waals surface area contributed by atoms with Gasteiger partial charge in [0, 0.05) is 34.9 Å². The number of nitrogens with zero attached hydrogens (tertiary/aromatic N) is 1. The van der Waals surface area contributed by atoms with E-state index in [-0.39, 0.29) is 17.9 Å². The van der Waals surface area contributed by atoms with Crippen molar-refractivity contribution in [1.82, 2.24) is 14.9 Å². The molecule has 2 heterocycles. The first-order valence-corrected chi connectivity index (χ1v) is 14.7. The number of rotatable bonds is 9. The Kier molecular flexibility index (Phi) is 8.21. The molecule has 0 bridgehead atoms. The molecule has 2 aromatic heterocycles. The molecule has 0 aliphatic heterocycles. The van der Waals surface area contributed by atoms with Crippen LogP contribution in [0, 0.1) is 0 Å². The van der Waals surface area contributed by atoms with Gasteiger partial charge in [0.2, 0.25) is 0 Å². The van der Waals surface area contributed by atoms with Crippen molar-refractivity contribution in [2.45, 2.75) is 31.6 Å². The number of hydrogen-bond acceptors (Lipinski definition) is 2. The third-order valence-corrected chi connectivity index (χ3v) is 7.96. The van der Waals surface area contributed by atoms with Gasteiger partial charge in [0.05, 0.1) is 11.4 Å². The number of amides is 1. The largest absolute Gasteiger partial charge is 0.445 e. The van der Waals surface area contributed by atoms with Gasteiger partial charge in [-0.1, -0.05) is 67.9 Å². The molecule has 2 atom stereocenters. The zero-order valence-electron chi connectivity index (χ0n) is 22.9. The summed E-state index contributed by atoms with van der Waals surface area (Å²) in [6.45, 7) is 3.61. The average Bonchev–Trinajstić information content (AvgIpc) is 3.51. The summed E-state index contributed by atoms with van der Waals surface area (Å²) in [5.41, 5.74) is 6.45. The number of aromatic nitrogens is 2. The van der Waals surface area contributed by atoms with E-state index in [2.05, 4.69) is 93.5 Å². The van der Waals surface area contributed by atoms with Gasteiger partial charge in [-0.2, -0.15) is 0 Å². The lowest BCUT2D eigenvalue weighted by Crippen LogP contribution is -2.45. The molecule has 2 N–H and O–H groups in total. The molecule has 0 radical (unpaired) electrons. The van der Waals surface area contributed by atoms with E-state index < -0.39 is 0 Å². The highest BCUT2D eigenvalue weighted by Gasteiger charge is 2.33. The molecule has 0 saturated carbocycles. The number of fused-ring (bicyclic) bond motifs is 2. The maximum Gasteiger partial charge on any atom is 0.410 e. The van der Waals surface area contributed by atoms with Crippen LogP contribution in [0.2, 0.25) is 0 Å². The van der Waals surface area contributed by atoms with Gasteiger partial charge in [-0.25, -0.2) is 4.79 Å². The van der Waals surface area contributed by atoms with Crippen LogP contribution in [0.15, 0.2) is 72.8 Å². The Hall–Kier alpha value is -3.00. The summed E-state index contributed by atoms with van der Waals surface area (Å²) in [4.78, 5) is 22.6. The highest BCUT2D eigenvalue weighted by molar-refractivity contribution is 7.27. The lowest BCUT2D eigenvalue weighted by Gasteiger charge is -2.33. The van der Waals surface area contributed by atoms with E-state index in [4.69, 9.17) is 4.74 Å². The van der Waals surface area contributed by atoms with Gasteiger partial charge in [-0.15, -0.1) is 18.5 Å². The average molecular weight is 553 g/mol. The van der Waals surface area contributed by atoms with E-state index in [9.17, 15) is 4.79 Å². The molecule has 0 aliphatic carbocycles. The van der Waals surface area contributed by atoms with Gasteiger partial charge in [-0.05, 0) is 51.6 Å². The molecule has 0 aliphatic rings. The van der Waals surface area contributed by atoms with E-state index in [1.807, 2.05) is 35.2 Å². The number of H-pyrrole nitrogens is 2. The van der Waals surface area contributed by atoms with E-state index in [1.165, 1.54) is 16.3 Å². The monoisotopic (exact) mass is 553 g/mol. The minimum atomic E-state index is -0.363. The van der Waals surface area contributed by atoms with Gasteiger partial charge in [0.25, 0.3) is 0 Å². The fraction of sp³-hybridized carbons (Fsp3) is 0.233. The maximum absolute atomic E-state index is 13.4. The summed E-state index contributed by atoms with van der Waals surface area (Å²) >= 11 is 0. The Balaban J connectivity index is 1.52. The highest BCUT2D eigenvalue weighted by Crippen LogP contribution is 2.37. The van der Waals surface area contributed by atoms with Gasteiger partial charge in [0.15, 0.2) is 0 Å². The first kappa shape index (κ1) is 27.6. The maximum atomic E-state index is 13.4.